The molecule has 2 heterocycles. The van der Waals surface area contributed by atoms with Crippen molar-refractivity contribution in [2.75, 3.05) is 32.7 Å². The number of carbonyl (C=O) groups excluding carboxylic acids is 2. The Balaban J connectivity index is 0.00000242. The zero-order valence-electron chi connectivity index (χ0n) is 13.4. The van der Waals surface area contributed by atoms with Gasteiger partial charge >= 0.3 is 0 Å². The third kappa shape index (κ3) is 4.83. The van der Waals surface area contributed by atoms with Crippen LogP contribution in [-0.2, 0) is 9.59 Å². The van der Waals surface area contributed by atoms with Crippen LogP contribution >= 0.6 is 12.4 Å². The first-order valence-corrected chi connectivity index (χ1v) is 8.02. The molecular formula is C15H29ClN4O2. The lowest BCUT2D eigenvalue weighted by Gasteiger charge is -2.39. The topological polar surface area (TPSA) is 92.7 Å². The molecule has 6 nitrogen and oxygen atoms in total. The molecule has 0 saturated carbocycles. The smallest absolute Gasteiger partial charge is 0.236 e. The molecular weight excluding hydrogens is 304 g/mol. The second-order valence-corrected chi connectivity index (χ2v) is 6.57. The van der Waals surface area contributed by atoms with Crippen LogP contribution in [0.4, 0.5) is 0 Å². The van der Waals surface area contributed by atoms with E-state index in [0.29, 0.717) is 31.6 Å². The van der Waals surface area contributed by atoms with E-state index >= 15 is 0 Å². The van der Waals surface area contributed by atoms with E-state index in [2.05, 4.69) is 11.8 Å². The molecule has 0 radical (unpaired) electrons. The number of rotatable bonds is 4. The first-order valence-electron chi connectivity index (χ1n) is 8.02. The van der Waals surface area contributed by atoms with Crippen molar-refractivity contribution in [2.45, 2.75) is 38.6 Å². The average Bonchev–Trinajstić information content (AvgIpc) is 2.49. The molecule has 4 N–H and O–H groups in total. The van der Waals surface area contributed by atoms with Gasteiger partial charge in [0.15, 0.2) is 0 Å². The van der Waals surface area contributed by atoms with Gasteiger partial charge in [0.2, 0.25) is 11.8 Å². The van der Waals surface area contributed by atoms with E-state index < -0.39 is 0 Å². The number of nitrogens with zero attached hydrogens (tertiary/aromatic N) is 2. The van der Waals surface area contributed by atoms with E-state index in [1.54, 1.807) is 4.90 Å². The lowest BCUT2D eigenvalue weighted by Crippen LogP contribution is -2.52. The summed E-state index contributed by atoms with van der Waals surface area (Å²) in [6.07, 6.45) is 3.84. The monoisotopic (exact) mass is 332 g/mol. The fraction of sp³-hybridized carbons (Fsp3) is 0.867. The van der Waals surface area contributed by atoms with Crippen molar-refractivity contribution in [2.24, 2.45) is 23.3 Å². The average molecular weight is 333 g/mol. The summed E-state index contributed by atoms with van der Waals surface area (Å²) in [6.45, 7) is 5.40. The van der Waals surface area contributed by atoms with Crippen molar-refractivity contribution in [3.8, 4) is 0 Å². The highest BCUT2D eigenvalue weighted by molar-refractivity contribution is 5.85. The Morgan fingerprint density at radius 2 is 1.95 bits per heavy atom. The van der Waals surface area contributed by atoms with Gasteiger partial charge in [-0.2, -0.15) is 0 Å². The van der Waals surface area contributed by atoms with Gasteiger partial charge in [0, 0.05) is 25.7 Å². The summed E-state index contributed by atoms with van der Waals surface area (Å²) in [5.74, 6) is 0.307. The largest absolute Gasteiger partial charge is 0.369 e. The normalized spacial score (nSPS) is 29.7. The quantitative estimate of drug-likeness (QED) is 0.768. The number of carbonyl (C=O) groups is 2. The second kappa shape index (κ2) is 8.70. The van der Waals surface area contributed by atoms with Crippen molar-refractivity contribution in [1.29, 1.82) is 0 Å². The molecule has 22 heavy (non-hydrogen) atoms. The summed E-state index contributed by atoms with van der Waals surface area (Å²) in [4.78, 5) is 27.8. The van der Waals surface area contributed by atoms with Crippen LogP contribution in [0.15, 0.2) is 0 Å². The number of piperidine rings is 2. The number of halogens is 1. The van der Waals surface area contributed by atoms with Gasteiger partial charge in [-0.25, -0.2) is 0 Å². The summed E-state index contributed by atoms with van der Waals surface area (Å²) in [6, 6.07) is 0.300. The Kier molecular flexibility index (Phi) is 7.59. The fourth-order valence-corrected chi connectivity index (χ4v) is 3.46. The Morgan fingerprint density at radius 1 is 1.23 bits per heavy atom. The fourth-order valence-electron chi connectivity index (χ4n) is 3.46. The molecule has 3 unspecified atom stereocenters. The van der Waals surface area contributed by atoms with Crippen molar-refractivity contribution in [1.82, 2.24) is 9.80 Å². The highest BCUT2D eigenvalue weighted by Crippen LogP contribution is 2.22. The van der Waals surface area contributed by atoms with Crippen LogP contribution in [0.25, 0.3) is 0 Å². The van der Waals surface area contributed by atoms with E-state index in [-0.39, 0.29) is 30.1 Å². The van der Waals surface area contributed by atoms with Crippen LogP contribution in [0.5, 0.6) is 0 Å². The zero-order chi connectivity index (χ0) is 15.4. The third-order valence-corrected chi connectivity index (χ3v) is 4.89. The molecule has 0 spiro atoms. The minimum absolute atomic E-state index is 0. The van der Waals surface area contributed by atoms with Gasteiger partial charge in [-0.3, -0.25) is 14.5 Å². The van der Waals surface area contributed by atoms with Crippen molar-refractivity contribution < 1.29 is 9.59 Å². The molecule has 2 aliphatic heterocycles. The van der Waals surface area contributed by atoms with Crippen molar-refractivity contribution >= 4 is 24.2 Å². The predicted octanol–water partition coefficient (Wildman–Crippen LogP) is 0.191. The van der Waals surface area contributed by atoms with Gasteiger partial charge in [0.1, 0.15) is 0 Å². The molecule has 7 heteroatoms. The number of primary amides is 1. The van der Waals surface area contributed by atoms with Gasteiger partial charge < -0.3 is 16.4 Å². The maximum atomic E-state index is 12.5. The Morgan fingerprint density at radius 3 is 2.59 bits per heavy atom. The lowest BCUT2D eigenvalue weighted by atomic mass is 9.92. The van der Waals surface area contributed by atoms with Gasteiger partial charge in [0.05, 0.1) is 12.5 Å². The minimum atomic E-state index is -0.292. The van der Waals surface area contributed by atoms with Gasteiger partial charge in [-0.05, 0) is 38.1 Å². The first-order chi connectivity index (χ1) is 10.0. The van der Waals surface area contributed by atoms with E-state index in [1.165, 1.54) is 0 Å². The Labute approximate surface area is 139 Å². The zero-order valence-corrected chi connectivity index (χ0v) is 14.2. The van der Waals surface area contributed by atoms with Crippen molar-refractivity contribution in [3.63, 3.8) is 0 Å². The van der Waals surface area contributed by atoms with Gasteiger partial charge in [0.25, 0.3) is 0 Å². The van der Waals surface area contributed by atoms with Crippen LogP contribution < -0.4 is 11.5 Å². The number of hydrogen-bond donors (Lipinski definition) is 2. The molecule has 3 atom stereocenters. The predicted molar refractivity (Wildman–Crippen MR) is 88.6 cm³/mol. The molecule has 2 rings (SSSR count). The summed E-state index contributed by atoms with van der Waals surface area (Å²) in [5, 5.41) is 0. The maximum absolute atomic E-state index is 12.5. The van der Waals surface area contributed by atoms with Gasteiger partial charge in [-0.15, -0.1) is 12.4 Å². The molecule has 2 amide bonds. The van der Waals surface area contributed by atoms with Crippen LogP contribution in [0.2, 0.25) is 0 Å². The molecule has 0 aromatic heterocycles. The molecule has 0 bridgehead atoms. The van der Waals surface area contributed by atoms with E-state index in [9.17, 15) is 9.59 Å². The highest BCUT2D eigenvalue weighted by atomic mass is 35.5. The Hall–Kier alpha value is -0.850. The SMILES string of the molecule is CC1CCN(CC(=O)N2CCCC(C(N)=O)C2)C(CN)C1.Cl. The molecule has 2 saturated heterocycles. The second-order valence-electron chi connectivity index (χ2n) is 6.57. The highest BCUT2D eigenvalue weighted by Gasteiger charge is 2.31. The van der Waals surface area contributed by atoms with Crippen LogP contribution in [0.3, 0.4) is 0 Å². The van der Waals surface area contributed by atoms with Crippen LogP contribution in [-0.4, -0.2) is 60.4 Å². The van der Waals surface area contributed by atoms with Gasteiger partial charge in [-0.1, -0.05) is 6.92 Å². The minimum Gasteiger partial charge on any atom is -0.369 e. The van der Waals surface area contributed by atoms with E-state index in [0.717, 1.165) is 38.8 Å². The number of amides is 2. The molecule has 0 aromatic carbocycles. The summed E-state index contributed by atoms with van der Waals surface area (Å²) < 4.78 is 0. The number of hydrogen-bond acceptors (Lipinski definition) is 4. The number of likely N-dealkylation sites (tertiary alicyclic amines) is 2. The molecule has 2 aliphatic rings. The first kappa shape index (κ1) is 19.2. The van der Waals surface area contributed by atoms with Crippen LogP contribution in [0.1, 0.15) is 32.6 Å². The standard InChI is InChI=1S/C15H28N4O2.ClH/c1-11-4-6-18(13(7-11)8-16)10-14(20)19-5-2-3-12(9-19)15(17)21;/h11-13H,2-10,16H2,1H3,(H2,17,21);1H. The summed E-state index contributed by atoms with van der Waals surface area (Å²) >= 11 is 0. The molecule has 0 aromatic rings. The van der Waals surface area contributed by atoms with E-state index in [4.69, 9.17) is 11.5 Å². The Bertz CT molecular complexity index is 394. The summed E-state index contributed by atoms with van der Waals surface area (Å²) in [7, 11) is 0. The lowest BCUT2D eigenvalue weighted by molar-refractivity contribution is -0.136. The number of nitrogens with two attached hydrogens (primary N) is 2. The van der Waals surface area contributed by atoms with Crippen LogP contribution in [0, 0.1) is 11.8 Å². The van der Waals surface area contributed by atoms with E-state index in [1.807, 2.05) is 0 Å². The maximum Gasteiger partial charge on any atom is 0.236 e. The summed E-state index contributed by atoms with van der Waals surface area (Å²) in [5.41, 5.74) is 11.2. The molecule has 2 fully saturated rings. The van der Waals surface area contributed by atoms with Crippen molar-refractivity contribution in [3.05, 3.63) is 0 Å². The third-order valence-electron chi connectivity index (χ3n) is 4.89. The molecule has 128 valence electrons. The molecule has 0 aliphatic carbocycles.